The summed E-state index contributed by atoms with van der Waals surface area (Å²) in [5, 5.41) is 29.6. The average molecular weight is 697 g/mol. The predicted octanol–water partition coefficient (Wildman–Crippen LogP) is 5.29. The van der Waals surface area contributed by atoms with Crippen LogP contribution in [-0.4, -0.2) is 51.0 Å². The first-order chi connectivity index (χ1) is 23.3. The molecule has 0 saturated heterocycles. The third kappa shape index (κ3) is 6.79. The van der Waals surface area contributed by atoms with E-state index in [4.69, 9.17) is 0 Å². The van der Waals surface area contributed by atoms with Gasteiger partial charge in [-0.3, -0.25) is 14.4 Å². The van der Waals surface area contributed by atoms with Crippen molar-refractivity contribution in [1.82, 2.24) is 0 Å². The Kier molecular flexibility index (Phi) is 10.6. The molecular weight excluding hydrogens is 656 g/mol. The van der Waals surface area contributed by atoms with Gasteiger partial charge in [0, 0.05) is 34.8 Å². The Bertz CT molecular complexity index is 1700. The molecular formula is C42H40FeO6. The van der Waals surface area contributed by atoms with Crippen molar-refractivity contribution in [2.45, 2.75) is 31.2 Å². The number of carbonyl (C=O) groups excluding carboxylic acids is 3. The quantitative estimate of drug-likeness (QED) is 0.235. The standard InChI is InChI=1S/2C14H14O2.C14H12O2.Fe/c3*15-12-7-3-6-11-10-5-2-1-4-9(10)8-13(16)14(11)12;/h2*1-5,7-8,10-12,14-15H,6H2;1-8,10,12,14-15H;. The SMILES string of the molecule is O=C1C=C2C=CC=CC2C2=CC=CC(O)C12.O=C1C=C2C=CC=CC2C2CC=CC(O)C12.O=C1C=C2C=CC=CC2C2CC=CC(O)C12.[Fe]. The minimum absolute atomic E-state index is 0. The molecule has 9 aliphatic rings. The molecule has 0 aromatic rings. The van der Waals surface area contributed by atoms with Gasteiger partial charge in [0.25, 0.3) is 0 Å². The maximum Gasteiger partial charge on any atom is 0.166 e. The molecule has 11 atom stereocenters. The Labute approximate surface area is 297 Å². The molecule has 0 aromatic carbocycles. The Morgan fingerprint density at radius 3 is 1.55 bits per heavy atom. The molecule has 0 fully saturated rings. The second-order valence-electron chi connectivity index (χ2n) is 13.6. The van der Waals surface area contributed by atoms with Crippen molar-refractivity contribution in [1.29, 1.82) is 0 Å². The van der Waals surface area contributed by atoms with Gasteiger partial charge in [0.05, 0.1) is 36.1 Å². The van der Waals surface area contributed by atoms with Crippen LogP contribution < -0.4 is 0 Å². The van der Waals surface area contributed by atoms with E-state index in [1.807, 2.05) is 79.0 Å². The zero-order chi connectivity index (χ0) is 33.4. The summed E-state index contributed by atoms with van der Waals surface area (Å²) in [5.41, 5.74) is 4.23. The molecule has 0 amide bonds. The van der Waals surface area contributed by atoms with Crippen molar-refractivity contribution in [2.75, 3.05) is 0 Å². The number of aliphatic hydroxyl groups is 3. The van der Waals surface area contributed by atoms with Crippen LogP contribution in [-0.2, 0) is 31.5 Å². The Morgan fingerprint density at radius 2 is 1.00 bits per heavy atom. The van der Waals surface area contributed by atoms with E-state index >= 15 is 0 Å². The van der Waals surface area contributed by atoms with Gasteiger partial charge in [-0.25, -0.2) is 0 Å². The van der Waals surface area contributed by atoms with Crippen LogP contribution in [0.1, 0.15) is 12.8 Å². The fourth-order valence-electron chi connectivity index (χ4n) is 8.60. The van der Waals surface area contributed by atoms with E-state index in [0.29, 0.717) is 11.8 Å². The number of carbonyl (C=O) groups is 3. The molecule has 0 aromatic heterocycles. The molecule has 0 saturated carbocycles. The topological polar surface area (TPSA) is 112 Å². The molecule has 9 rings (SSSR count). The number of aliphatic hydroxyl groups excluding tert-OH is 3. The number of hydrogen-bond acceptors (Lipinski definition) is 6. The van der Waals surface area contributed by atoms with E-state index in [9.17, 15) is 29.7 Å². The molecule has 0 aliphatic heterocycles. The van der Waals surface area contributed by atoms with Crippen molar-refractivity contribution >= 4 is 17.3 Å². The summed E-state index contributed by atoms with van der Waals surface area (Å²) < 4.78 is 0. The van der Waals surface area contributed by atoms with E-state index in [0.717, 1.165) is 35.1 Å². The summed E-state index contributed by atoms with van der Waals surface area (Å²) in [7, 11) is 0. The van der Waals surface area contributed by atoms with Crippen molar-refractivity contribution < 1.29 is 46.8 Å². The van der Waals surface area contributed by atoms with Crippen LogP contribution in [0.25, 0.3) is 0 Å². The van der Waals surface area contributed by atoms with Crippen LogP contribution in [0.15, 0.2) is 156 Å². The van der Waals surface area contributed by atoms with Gasteiger partial charge >= 0.3 is 0 Å². The van der Waals surface area contributed by atoms with Crippen LogP contribution in [0.4, 0.5) is 0 Å². The van der Waals surface area contributed by atoms with E-state index < -0.39 is 18.3 Å². The smallest absolute Gasteiger partial charge is 0.166 e. The number of fused-ring (bicyclic) bond motifs is 9. The maximum atomic E-state index is 12.0. The zero-order valence-electron chi connectivity index (χ0n) is 26.9. The molecule has 252 valence electrons. The van der Waals surface area contributed by atoms with Crippen LogP contribution >= 0.6 is 0 Å². The second-order valence-corrected chi connectivity index (χ2v) is 13.6. The van der Waals surface area contributed by atoms with E-state index in [2.05, 4.69) is 18.2 Å². The largest absolute Gasteiger partial charge is 0.388 e. The minimum atomic E-state index is -0.676. The van der Waals surface area contributed by atoms with E-state index in [-0.39, 0.29) is 69.9 Å². The fourth-order valence-corrected chi connectivity index (χ4v) is 8.60. The molecule has 49 heavy (non-hydrogen) atoms. The van der Waals surface area contributed by atoms with Gasteiger partial charge in [0.2, 0.25) is 0 Å². The van der Waals surface area contributed by atoms with Gasteiger partial charge in [-0.1, -0.05) is 115 Å². The molecule has 9 aliphatic carbocycles. The molecule has 0 spiro atoms. The molecule has 6 nitrogen and oxygen atoms in total. The summed E-state index contributed by atoms with van der Waals surface area (Å²) in [4.78, 5) is 35.9. The second kappa shape index (κ2) is 14.9. The number of ketones is 3. The van der Waals surface area contributed by atoms with Gasteiger partial charge in [-0.05, 0) is 65.2 Å². The molecule has 11 unspecified atom stereocenters. The molecule has 3 N–H and O–H groups in total. The summed E-state index contributed by atoms with van der Waals surface area (Å²) in [6.07, 6.45) is 42.1. The van der Waals surface area contributed by atoms with Crippen LogP contribution in [0.5, 0.6) is 0 Å². The first kappa shape index (κ1) is 34.9. The first-order valence-electron chi connectivity index (χ1n) is 16.9. The molecule has 0 bridgehead atoms. The number of hydrogen-bond donors (Lipinski definition) is 3. The van der Waals surface area contributed by atoms with Crippen molar-refractivity contribution in [2.24, 2.45) is 47.3 Å². The molecule has 7 heteroatoms. The van der Waals surface area contributed by atoms with Gasteiger partial charge in [0.1, 0.15) is 0 Å². The zero-order valence-corrected chi connectivity index (χ0v) is 28.0. The normalized spacial score (nSPS) is 37.9. The summed E-state index contributed by atoms with van der Waals surface area (Å²) >= 11 is 0. The Balaban J connectivity index is 0.000000126. The maximum absolute atomic E-state index is 12.0. The summed E-state index contributed by atoms with van der Waals surface area (Å²) in [5.74, 6) is 0.518. The Morgan fingerprint density at radius 1 is 0.510 bits per heavy atom. The van der Waals surface area contributed by atoms with Crippen LogP contribution in [0.3, 0.4) is 0 Å². The summed E-state index contributed by atoms with van der Waals surface area (Å²) in [6.45, 7) is 0. The number of rotatable bonds is 0. The Hall–Kier alpha value is -3.97. The minimum Gasteiger partial charge on any atom is -0.388 e. The van der Waals surface area contributed by atoms with Crippen LogP contribution in [0, 0.1) is 47.3 Å². The van der Waals surface area contributed by atoms with Gasteiger partial charge in [-0.15, -0.1) is 0 Å². The third-order valence-electron chi connectivity index (χ3n) is 10.9. The predicted molar refractivity (Wildman–Crippen MR) is 185 cm³/mol. The average Bonchev–Trinajstić information content (AvgIpc) is 3.09. The molecule has 0 radical (unpaired) electrons. The fraction of sp³-hybridized carbons (Fsp3) is 0.310. The van der Waals surface area contributed by atoms with Crippen molar-refractivity contribution in [3.63, 3.8) is 0 Å². The van der Waals surface area contributed by atoms with E-state index in [1.54, 1.807) is 36.5 Å². The van der Waals surface area contributed by atoms with E-state index in [1.165, 1.54) is 0 Å². The monoisotopic (exact) mass is 696 g/mol. The van der Waals surface area contributed by atoms with Crippen molar-refractivity contribution in [3.8, 4) is 0 Å². The van der Waals surface area contributed by atoms with Crippen molar-refractivity contribution in [3.05, 3.63) is 156 Å². The first-order valence-corrected chi connectivity index (χ1v) is 16.9. The van der Waals surface area contributed by atoms with Gasteiger partial charge in [-0.2, -0.15) is 0 Å². The third-order valence-corrected chi connectivity index (χ3v) is 10.9. The number of allylic oxidation sites excluding steroid dienone is 22. The summed E-state index contributed by atoms with van der Waals surface area (Å²) in [6, 6.07) is 0. The molecule has 0 heterocycles. The van der Waals surface area contributed by atoms with Gasteiger partial charge in [0.15, 0.2) is 17.3 Å². The van der Waals surface area contributed by atoms with Crippen LogP contribution in [0.2, 0.25) is 0 Å². The van der Waals surface area contributed by atoms with Gasteiger partial charge < -0.3 is 15.3 Å².